The van der Waals surface area contributed by atoms with E-state index in [0.717, 1.165) is 15.8 Å². The molecule has 0 radical (unpaired) electrons. The number of para-hydroxylation sites is 1. The zero-order valence-corrected chi connectivity index (χ0v) is 9.52. The summed E-state index contributed by atoms with van der Waals surface area (Å²) in [4.78, 5) is 5.35. The van der Waals surface area contributed by atoms with E-state index in [1.807, 2.05) is 30.3 Å². The van der Waals surface area contributed by atoms with E-state index in [2.05, 4.69) is 4.98 Å². The lowest BCUT2D eigenvalue weighted by Crippen LogP contribution is -2.14. The van der Waals surface area contributed by atoms with Crippen LogP contribution in [0.4, 0.5) is 0 Å². The molecule has 0 spiro atoms. The molecule has 3 nitrogen and oxygen atoms in total. The van der Waals surface area contributed by atoms with Gasteiger partial charge in [-0.3, -0.25) is 4.98 Å². The molecule has 1 atom stereocenters. The quantitative estimate of drug-likeness (QED) is 0.792. The van der Waals surface area contributed by atoms with Crippen molar-refractivity contribution in [2.24, 2.45) is 0 Å². The van der Waals surface area contributed by atoms with Crippen LogP contribution in [0.3, 0.4) is 0 Å². The Balaban J connectivity index is 2.23. The maximum Gasteiger partial charge on any atom is 0.0864 e. The maximum atomic E-state index is 9.30. The van der Waals surface area contributed by atoms with Crippen molar-refractivity contribution in [3.63, 3.8) is 0 Å². The first-order chi connectivity index (χ1) is 7.81. The van der Waals surface area contributed by atoms with Crippen LogP contribution in [0.5, 0.6) is 0 Å². The molecule has 0 aliphatic rings. The third-order valence-corrected chi connectivity index (χ3v) is 3.43. The number of hydrogen-bond acceptors (Lipinski definition) is 4. The van der Waals surface area contributed by atoms with Gasteiger partial charge in [0.25, 0.3) is 0 Å². The van der Waals surface area contributed by atoms with Gasteiger partial charge in [-0.15, -0.1) is 11.8 Å². The van der Waals surface area contributed by atoms with E-state index >= 15 is 0 Å². The van der Waals surface area contributed by atoms with E-state index in [4.69, 9.17) is 5.11 Å². The van der Waals surface area contributed by atoms with Crippen molar-refractivity contribution in [3.05, 3.63) is 36.5 Å². The van der Waals surface area contributed by atoms with Crippen molar-refractivity contribution in [1.29, 1.82) is 0 Å². The molecule has 0 saturated heterocycles. The molecule has 1 aromatic carbocycles. The van der Waals surface area contributed by atoms with Gasteiger partial charge in [-0.2, -0.15) is 0 Å². The highest BCUT2D eigenvalue weighted by atomic mass is 32.2. The molecule has 0 aliphatic carbocycles. The van der Waals surface area contributed by atoms with Gasteiger partial charge in [0.15, 0.2) is 0 Å². The molecule has 2 N–H and O–H groups in total. The molecule has 4 heteroatoms. The first-order valence-corrected chi connectivity index (χ1v) is 6.05. The van der Waals surface area contributed by atoms with Crippen LogP contribution >= 0.6 is 11.8 Å². The fourth-order valence-corrected chi connectivity index (χ4v) is 2.39. The predicted octanol–water partition coefficient (Wildman–Crippen LogP) is 1.68. The van der Waals surface area contributed by atoms with Crippen molar-refractivity contribution in [3.8, 4) is 0 Å². The topological polar surface area (TPSA) is 53.4 Å². The fraction of sp³-hybridized carbons (Fsp3) is 0.250. The molecular formula is C12H13NO2S. The highest BCUT2D eigenvalue weighted by Gasteiger charge is 2.06. The first kappa shape index (κ1) is 11.4. The Bertz CT molecular complexity index is 470. The minimum absolute atomic E-state index is 0.203. The summed E-state index contributed by atoms with van der Waals surface area (Å²) in [5.74, 6) is 0.478. The van der Waals surface area contributed by atoms with Crippen molar-refractivity contribution < 1.29 is 10.2 Å². The van der Waals surface area contributed by atoms with Gasteiger partial charge in [-0.25, -0.2) is 0 Å². The number of aromatic nitrogens is 1. The maximum absolute atomic E-state index is 9.30. The Morgan fingerprint density at radius 3 is 2.88 bits per heavy atom. The van der Waals surface area contributed by atoms with Crippen molar-refractivity contribution >= 4 is 22.7 Å². The minimum Gasteiger partial charge on any atom is -0.394 e. The number of rotatable bonds is 4. The Labute approximate surface area is 98.1 Å². The summed E-state index contributed by atoms with van der Waals surface area (Å²) in [7, 11) is 0. The first-order valence-electron chi connectivity index (χ1n) is 5.06. The van der Waals surface area contributed by atoms with Crippen LogP contribution in [0.25, 0.3) is 10.9 Å². The third-order valence-electron chi connectivity index (χ3n) is 2.24. The number of benzene rings is 1. The Hall–Kier alpha value is -1.10. The fourth-order valence-electron chi connectivity index (χ4n) is 1.43. The van der Waals surface area contributed by atoms with Crippen LogP contribution in [0.1, 0.15) is 0 Å². The lowest BCUT2D eigenvalue weighted by Gasteiger charge is -2.08. The van der Waals surface area contributed by atoms with E-state index in [9.17, 15) is 5.11 Å². The summed E-state index contributed by atoms with van der Waals surface area (Å²) in [5, 5.41) is 19.1. The van der Waals surface area contributed by atoms with Crippen LogP contribution in [-0.2, 0) is 0 Å². The standard InChI is InChI=1S/C12H13NO2S/c14-7-10(15)8-16-11-5-1-3-9-4-2-6-13-12(9)11/h1-6,10,14-15H,7-8H2. The molecule has 0 saturated carbocycles. The van der Waals surface area contributed by atoms with Gasteiger partial charge in [0, 0.05) is 22.2 Å². The second-order valence-corrected chi connectivity index (χ2v) is 4.54. The predicted molar refractivity (Wildman–Crippen MR) is 65.6 cm³/mol. The SMILES string of the molecule is OCC(O)CSc1cccc2cccnc12. The molecule has 2 rings (SSSR count). The van der Waals surface area contributed by atoms with E-state index in [1.54, 1.807) is 6.20 Å². The molecule has 0 fully saturated rings. The number of aliphatic hydroxyl groups is 2. The number of aliphatic hydroxyl groups excluding tert-OH is 2. The lowest BCUT2D eigenvalue weighted by molar-refractivity contribution is 0.113. The van der Waals surface area contributed by atoms with Crippen molar-refractivity contribution in [2.75, 3.05) is 12.4 Å². The summed E-state index contributed by atoms with van der Waals surface area (Å²) < 4.78 is 0. The highest BCUT2D eigenvalue weighted by Crippen LogP contribution is 2.26. The molecule has 0 aliphatic heterocycles. The molecule has 1 heterocycles. The zero-order chi connectivity index (χ0) is 11.4. The lowest BCUT2D eigenvalue weighted by atomic mass is 10.2. The monoisotopic (exact) mass is 235 g/mol. The van der Waals surface area contributed by atoms with Gasteiger partial charge in [0.05, 0.1) is 18.2 Å². The molecule has 0 amide bonds. The van der Waals surface area contributed by atoms with Gasteiger partial charge in [-0.05, 0) is 12.1 Å². The Kier molecular flexibility index (Phi) is 3.77. The smallest absolute Gasteiger partial charge is 0.0864 e. The Morgan fingerprint density at radius 2 is 2.06 bits per heavy atom. The normalized spacial score (nSPS) is 12.9. The number of hydrogen-bond donors (Lipinski definition) is 2. The Morgan fingerprint density at radius 1 is 1.25 bits per heavy atom. The summed E-state index contributed by atoms with van der Waals surface area (Å²) in [6.07, 6.45) is 1.08. The van der Waals surface area contributed by atoms with Crippen molar-refractivity contribution in [2.45, 2.75) is 11.0 Å². The molecular weight excluding hydrogens is 222 g/mol. The average Bonchev–Trinajstić information content (AvgIpc) is 2.35. The van der Waals surface area contributed by atoms with Crippen LogP contribution in [0.15, 0.2) is 41.4 Å². The molecule has 84 valence electrons. The van der Waals surface area contributed by atoms with E-state index in [-0.39, 0.29) is 6.61 Å². The van der Waals surface area contributed by atoms with Crippen LogP contribution in [0, 0.1) is 0 Å². The summed E-state index contributed by atoms with van der Waals surface area (Å²) in [6.45, 7) is -0.203. The third kappa shape index (κ3) is 2.52. The van der Waals surface area contributed by atoms with Crippen LogP contribution in [-0.4, -0.2) is 33.7 Å². The van der Waals surface area contributed by atoms with Gasteiger partial charge >= 0.3 is 0 Å². The number of nitrogens with zero attached hydrogens (tertiary/aromatic N) is 1. The second kappa shape index (κ2) is 5.30. The molecule has 0 bridgehead atoms. The van der Waals surface area contributed by atoms with Gasteiger partial charge < -0.3 is 10.2 Å². The number of fused-ring (bicyclic) bond motifs is 1. The summed E-state index contributed by atoms with van der Waals surface area (Å²) >= 11 is 1.51. The minimum atomic E-state index is -0.677. The second-order valence-electron chi connectivity index (χ2n) is 3.48. The number of thioether (sulfide) groups is 1. The molecule has 16 heavy (non-hydrogen) atoms. The van der Waals surface area contributed by atoms with E-state index < -0.39 is 6.10 Å². The largest absolute Gasteiger partial charge is 0.394 e. The summed E-state index contributed by atoms with van der Waals surface area (Å²) in [5.41, 5.74) is 0.945. The number of pyridine rings is 1. The van der Waals surface area contributed by atoms with Gasteiger partial charge in [0.1, 0.15) is 0 Å². The van der Waals surface area contributed by atoms with Crippen LogP contribution in [0.2, 0.25) is 0 Å². The molecule has 1 unspecified atom stereocenters. The molecule has 2 aromatic rings. The van der Waals surface area contributed by atoms with Crippen LogP contribution < -0.4 is 0 Å². The van der Waals surface area contributed by atoms with E-state index in [0.29, 0.717) is 5.75 Å². The van der Waals surface area contributed by atoms with Crippen molar-refractivity contribution in [1.82, 2.24) is 4.98 Å². The summed E-state index contributed by atoms with van der Waals surface area (Å²) in [6, 6.07) is 9.87. The van der Waals surface area contributed by atoms with E-state index in [1.165, 1.54) is 11.8 Å². The molecule has 1 aromatic heterocycles. The zero-order valence-electron chi connectivity index (χ0n) is 8.71. The van der Waals surface area contributed by atoms with Gasteiger partial charge in [-0.1, -0.05) is 18.2 Å². The highest BCUT2D eigenvalue weighted by molar-refractivity contribution is 7.99. The van der Waals surface area contributed by atoms with Gasteiger partial charge in [0.2, 0.25) is 0 Å². The average molecular weight is 235 g/mol.